The van der Waals surface area contributed by atoms with Crippen LogP contribution in [0.5, 0.6) is 0 Å². The molecule has 0 saturated carbocycles. The zero-order valence-corrected chi connectivity index (χ0v) is 9.71. The molecule has 0 radical (unpaired) electrons. The molecule has 1 aliphatic heterocycles. The molecule has 0 aromatic heterocycles. The van der Waals surface area contributed by atoms with Crippen molar-refractivity contribution < 1.29 is 9.53 Å². The normalized spacial score (nSPS) is 30.5. The van der Waals surface area contributed by atoms with Crippen LogP contribution < -0.4 is 11.1 Å². The molecule has 4 heteroatoms. The van der Waals surface area contributed by atoms with Crippen molar-refractivity contribution in [3.05, 3.63) is 0 Å². The van der Waals surface area contributed by atoms with Gasteiger partial charge in [0.15, 0.2) is 0 Å². The van der Waals surface area contributed by atoms with Crippen molar-refractivity contribution in [3.8, 4) is 0 Å². The highest BCUT2D eigenvalue weighted by molar-refractivity contribution is 5.83. The maximum absolute atomic E-state index is 11.9. The Morgan fingerprint density at radius 3 is 2.87 bits per heavy atom. The van der Waals surface area contributed by atoms with E-state index in [2.05, 4.69) is 12.2 Å². The van der Waals surface area contributed by atoms with Gasteiger partial charge in [-0.1, -0.05) is 19.8 Å². The molecule has 1 rings (SSSR count). The third kappa shape index (κ3) is 2.92. The van der Waals surface area contributed by atoms with Gasteiger partial charge in [0, 0.05) is 12.6 Å². The Bertz CT molecular complexity index is 221. The fourth-order valence-corrected chi connectivity index (χ4v) is 1.70. The van der Waals surface area contributed by atoms with E-state index in [1.165, 1.54) is 0 Å². The number of unbranched alkanes of at least 4 members (excludes halogenated alkanes) is 2. The molecule has 0 bridgehead atoms. The molecule has 4 nitrogen and oxygen atoms in total. The van der Waals surface area contributed by atoms with Gasteiger partial charge in [0.2, 0.25) is 5.91 Å². The first-order valence-electron chi connectivity index (χ1n) is 5.73. The fourth-order valence-electron chi connectivity index (χ4n) is 1.70. The molecular formula is C11H22N2O2. The summed E-state index contributed by atoms with van der Waals surface area (Å²) in [6.45, 7) is 5.69. The predicted molar refractivity (Wildman–Crippen MR) is 59.4 cm³/mol. The molecule has 15 heavy (non-hydrogen) atoms. The second kappa shape index (κ2) is 5.47. The summed E-state index contributed by atoms with van der Waals surface area (Å²) in [5.74, 6) is 0.0311. The number of amides is 1. The summed E-state index contributed by atoms with van der Waals surface area (Å²) in [5, 5.41) is 2.93. The molecule has 2 unspecified atom stereocenters. The number of nitrogens with two attached hydrogens (primary N) is 1. The van der Waals surface area contributed by atoms with Gasteiger partial charge in [-0.25, -0.2) is 0 Å². The lowest BCUT2D eigenvalue weighted by Crippen LogP contribution is -2.50. The van der Waals surface area contributed by atoms with Gasteiger partial charge in [-0.3, -0.25) is 4.79 Å². The minimum atomic E-state index is -0.536. The first-order valence-corrected chi connectivity index (χ1v) is 5.73. The lowest BCUT2D eigenvalue weighted by Gasteiger charge is -2.25. The second-order valence-corrected chi connectivity index (χ2v) is 4.50. The third-order valence-corrected chi connectivity index (χ3v) is 3.10. The minimum absolute atomic E-state index is 0.0311. The van der Waals surface area contributed by atoms with Crippen molar-refractivity contribution in [2.75, 3.05) is 19.8 Å². The Balaban J connectivity index is 2.32. The number of hydrogen-bond donors (Lipinski definition) is 2. The van der Waals surface area contributed by atoms with Gasteiger partial charge in [-0.05, 0) is 13.3 Å². The summed E-state index contributed by atoms with van der Waals surface area (Å²) in [5.41, 5.74) is 5.32. The first kappa shape index (κ1) is 12.5. The standard InChI is InChI=1S/C11H22N2O2/c1-3-4-5-6-13-10(14)11(2)8-15-7-9(11)12/h9H,3-8,12H2,1-2H3,(H,13,14). The number of nitrogens with one attached hydrogen (secondary N) is 1. The van der Waals surface area contributed by atoms with Crippen LogP contribution in [0.4, 0.5) is 0 Å². The summed E-state index contributed by atoms with van der Waals surface area (Å²) in [4.78, 5) is 11.9. The summed E-state index contributed by atoms with van der Waals surface area (Å²) < 4.78 is 5.24. The molecule has 0 aliphatic carbocycles. The Labute approximate surface area is 91.5 Å². The number of rotatable bonds is 5. The van der Waals surface area contributed by atoms with Crippen molar-refractivity contribution in [1.82, 2.24) is 5.32 Å². The average molecular weight is 214 g/mol. The van der Waals surface area contributed by atoms with Gasteiger partial charge in [-0.2, -0.15) is 0 Å². The summed E-state index contributed by atoms with van der Waals surface area (Å²) in [7, 11) is 0. The summed E-state index contributed by atoms with van der Waals surface area (Å²) >= 11 is 0. The quantitative estimate of drug-likeness (QED) is 0.661. The van der Waals surface area contributed by atoms with Crippen molar-refractivity contribution >= 4 is 5.91 Å². The summed E-state index contributed by atoms with van der Waals surface area (Å²) in [6.07, 6.45) is 3.35. The molecule has 1 heterocycles. The Hall–Kier alpha value is -0.610. The van der Waals surface area contributed by atoms with Crippen LogP contribution >= 0.6 is 0 Å². The monoisotopic (exact) mass is 214 g/mol. The largest absolute Gasteiger partial charge is 0.379 e. The molecule has 1 saturated heterocycles. The lowest BCUT2D eigenvalue weighted by atomic mass is 9.85. The van der Waals surface area contributed by atoms with Crippen LogP contribution in [-0.4, -0.2) is 31.7 Å². The predicted octanol–water partition coefficient (Wildman–Crippen LogP) is 0.657. The fraction of sp³-hybridized carbons (Fsp3) is 0.909. The number of carbonyl (C=O) groups is 1. The highest BCUT2D eigenvalue weighted by atomic mass is 16.5. The van der Waals surface area contributed by atoms with Crippen LogP contribution in [0.1, 0.15) is 33.1 Å². The van der Waals surface area contributed by atoms with E-state index in [0.29, 0.717) is 13.2 Å². The van der Waals surface area contributed by atoms with Gasteiger partial charge in [0.05, 0.1) is 18.6 Å². The van der Waals surface area contributed by atoms with Crippen LogP contribution in [0.3, 0.4) is 0 Å². The molecule has 0 spiro atoms. The minimum Gasteiger partial charge on any atom is -0.379 e. The second-order valence-electron chi connectivity index (χ2n) is 4.50. The van der Waals surface area contributed by atoms with Crippen LogP contribution in [0.25, 0.3) is 0 Å². The topological polar surface area (TPSA) is 64.3 Å². The number of carbonyl (C=O) groups excluding carboxylic acids is 1. The van der Waals surface area contributed by atoms with Gasteiger partial charge >= 0.3 is 0 Å². The number of ether oxygens (including phenoxy) is 1. The number of hydrogen-bond acceptors (Lipinski definition) is 3. The van der Waals surface area contributed by atoms with E-state index < -0.39 is 5.41 Å². The molecule has 0 aromatic carbocycles. The smallest absolute Gasteiger partial charge is 0.229 e. The van der Waals surface area contributed by atoms with Gasteiger partial charge in [0.1, 0.15) is 0 Å². The van der Waals surface area contributed by atoms with E-state index in [1.54, 1.807) is 0 Å². The highest BCUT2D eigenvalue weighted by Gasteiger charge is 2.43. The van der Waals surface area contributed by atoms with E-state index in [1.807, 2.05) is 6.92 Å². The van der Waals surface area contributed by atoms with E-state index in [4.69, 9.17) is 10.5 Å². The van der Waals surface area contributed by atoms with E-state index in [-0.39, 0.29) is 11.9 Å². The van der Waals surface area contributed by atoms with Crippen LogP contribution in [0, 0.1) is 5.41 Å². The Kier molecular flexibility index (Phi) is 4.54. The molecule has 1 fully saturated rings. The summed E-state index contributed by atoms with van der Waals surface area (Å²) in [6, 6.07) is -0.177. The van der Waals surface area contributed by atoms with Gasteiger partial charge in [-0.15, -0.1) is 0 Å². The van der Waals surface area contributed by atoms with E-state index in [0.717, 1.165) is 25.8 Å². The Morgan fingerprint density at radius 1 is 1.60 bits per heavy atom. The molecule has 1 aliphatic rings. The lowest BCUT2D eigenvalue weighted by molar-refractivity contribution is -0.130. The Morgan fingerprint density at radius 2 is 2.33 bits per heavy atom. The van der Waals surface area contributed by atoms with Crippen molar-refractivity contribution in [2.24, 2.45) is 11.1 Å². The van der Waals surface area contributed by atoms with E-state index in [9.17, 15) is 4.79 Å². The molecule has 1 amide bonds. The van der Waals surface area contributed by atoms with Crippen LogP contribution in [0.15, 0.2) is 0 Å². The zero-order valence-electron chi connectivity index (χ0n) is 9.71. The van der Waals surface area contributed by atoms with Crippen molar-refractivity contribution in [2.45, 2.75) is 39.2 Å². The zero-order chi connectivity index (χ0) is 11.3. The SMILES string of the molecule is CCCCCNC(=O)C1(C)COCC1N. The van der Waals surface area contributed by atoms with Crippen molar-refractivity contribution in [1.29, 1.82) is 0 Å². The average Bonchev–Trinajstić information content (AvgIpc) is 2.55. The van der Waals surface area contributed by atoms with E-state index >= 15 is 0 Å². The van der Waals surface area contributed by atoms with Crippen LogP contribution in [-0.2, 0) is 9.53 Å². The highest BCUT2D eigenvalue weighted by Crippen LogP contribution is 2.26. The van der Waals surface area contributed by atoms with Gasteiger partial charge < -0.3 is 15.8 Å². The maximum atomic E-state index is 11.9. The molecular weight excluding hydrogens is 192 g/mol. The van der Waals surface area contributed by atoms with Gasteiger partial charge in [0.25, 0.3) is 0 Å². The van der Waals surface area contributed by atoms with Crippen molar-refractivity contribution in [3.63, 3.8) is 0 Å². The maximum Gasteiger partial charge on any atom is 0.229 e. The third-order valence-electron chi connectivity index (χ3n) is 3.10. The molecule has 0 aromatic rings. The molecule has 3 N–H and O–H groups in total. The first-order chi connectivity index (χ1) is 7.11. The molecule has 2 atom stereocenters. The van der Waals surface area contributed by atoms with Crippen LogP contribution in [0.2, 0.25) is 0 Å². The molecule has 88 valence electrons.